The number of hydrogen-bond donors (Lipinski definition) is 0. The number of rotatable bonds is 1. The van der Waals surface area contributed by atoms with E-state index in [9.17, 15) is 4.79 Å². The summed E-state index contributed by atoms with van der Waals surface area (Å²) in [7, 11) is 0. The summed E-state index contributed by atoms with van der Waals surface area (Å²) in [4.78, 5) is 9.58. The number of carbonyl (C=O) groups excluding carboxylic acids is 1. The number of carbonyl (C=O) groups is 1. The quantitative estimate of drug-likeness (QED) is 0.410. The fourth-order valence-electron chi connectivity index (χ4n) is 0. The van der Waals surface area contributed by atoms with Crippen LogP contribution in [0.2, 0.25) is 0 Å². The van der Waals surface area contributed by atoms with Gasteiger partial charge in [0.05, 0.1) is 0 Å². The van der Waals surface area contributed by atoms with Crippen LogP contribution in [0.5, 0.6) is 0 Å². The van der Waals surface area contributed by atoms with Crippen molar-refractivity contribution in [2.75, 3.05) is 0 Å². The van der Waals surface area contributed by atoms with E-state index in [2.05, 4.69) is 0 Å². The summed E-state index contributed by atoms with van der Waals surface area (Å²) < 4.78 is 0. The predicted molar refractivity (Wildman–Crippen MR) is 43.0 cm³/mol. The molecule has 1 radical (unpaired) electrons. The summed E-state index contributed by atoms with van der Waals surface area (Å²) in [6.45, 7) is 1.72. The minimum absolute atomic E-state index is 0. The average Bonchev–Trinajstić information content (AvgIpc) is 1.38. The normalized spacial score (nSPS) is 4.22. The molecule has 0 aromatic carbocycles. The number of halogens is 2. The zero-order valence-electron chi connectivity index (χ0n) is 5.20. The third kappa shape index (κ3) is 37.3. The Morgan fingerprint density at radius 3 is 1.67 bits per heavy atom. The van der Waals surface area contributed by atoms with Gasteiger partial charge in [-0.2, -0.15) is 0 Å². The molecule has 0 unspecified atom stereocenters. The molecule has 0 heterocycles. The molecule has 0 aliphatic heterocycles. The van der Waals surface area contributed by atoms with Gasteiger partial charge in [-0.15, -0.1) is 24.0 Å². The Bertz CT molecular complexity index is 55.8. The van der Waals surface area contributed by atoms with Crippen molar-refractivity contribution in [2.24, 2.45) is 0 Å². The standard InChI is InChI=1S/C3H5ClO.CH3.Ar.HI.V/c1-2-3(4)5;;;;/h2H2,1H3;1H3;;1H;/q;-1;;;. The van der Waals surface area contributed by atoms with Crippen LogP contribution in [-0.4, -0.2) is 5.24 Å². The van der Waals surface area contributed by atoms with Gasteiger partial charge in [0.25, 0.3) is 0 Å². The summed E-state index contributed by atoms with van der Waals surface area (Å²) in [5.74, 6) is 0. The summed E-state index contributed by atoms with van der Waals surface area (Å²) in [5, 5.41) is -0.273. The monoisotopic (exact) mass is 326 g/mol. The maximum Gasteiger partial charge on any atom is 0.221 e. The molecule has 5 heteroatoms. The van der Waals surface area contributed by atoms with Gasteiger partial charge >= 0.3 is 0 Å². The van der Waals surface area contributed by atoms with Gasteiger partial charge in [-0.25, -0.2) is 0 Å². The van der Waals surface area contributed by atoms with Crippen molar-refractivity contribution in [1.29, 1.82) is 0 Å². The molecule has 0 aliphatic rings. The van der Waals surface area contributed by atoms with Crippen LogP contribution in [0.15, 0.2) is 0 Å². The molecule has 0 aromatic heterocycles. The van der Waals surface area contributed by atoms with Crippen LogP contribution < -0.4 is 0 Å². The Balaban J connectivity index is -0.0000000133. The third-order valence-corrected chi connectivity index (χ3v) is 0.545. The molecular weight excluding hydrogens is 317 g/mol. The zero-order chi connectivity index (χ0) is 4.28. The predicted octanol–water partition coefficient (Wildman–Crippen LogP) is 2.23. The Morgan fingerprint density at radius 2 is 1.67 bits per heavy atom. The number of hydrogen-bond acceptors (Lipinski definition) is 1. The summed E-state index contributed by atoms with van der Waals surface area (Å²) in [6, 6.07) is 0. The van der Waals surface area contributed by atoms with Gasteiger partial charge in [0.15, 0.2) is 0 Å². The molecule has 0 N–H and O–H groups in total. The average molecular weight is 326 g/mol. The Labute approximate surface area is 121 Å². The molecule has 0 aliphatic carbocycles. The van der Waals surface area contributed by atoms with Gasteiger partial charge in [0, 0.05) is 62.7 Å². The van der Waals surface area contributed by atoms with Gasteiger partial charge in [-0.1, -0.05) is 6.92 Å². The van der Waals surface area contributed by atoms with E-state index in [1.54, 1.807) is 6.92 Å². The van der Waals surface area contributed by atoms with Gasteiger partial charge in [0.2, 0.25) is 5.24 Å². The molecule has 59 valence electrons. The zero-order valence-corrected chi connectivity index (χ0v) is 10.4. The van der Waals surface area contributed by atoms with Crippen LogP contribution in [0.25, 0.3) is 0 Å². The fraction of sp³-hybridized carbons (Fsp3) is 0.500. The van der Waals surface area contributed by atoms with Crippen molar-refractivity contribution in [3.8, 4) is 0 Å². The van der Waals surface area contributed by atoms with Crippen LogP contribution in [0.3, 0.4) is 0 Å². The van der Waals surface area contributed by atoms with E-state index < -0.39 is 0 Å². The van der Waals surface area contributed by atoms with E-state index in [0.717, 1.165) is 0 Å². The second kappa shape index (κ2) is 22.4. The maximum absolute atomic E-state index is 9.58. The first kappa shape index (κ1) is 30.0. The molecule has 0 saturated carbocycles. The van der Waals surface area contributed by atoms with Crippen molar-refractivity contribution in [2.45, 2.75) is 13.3 Å². The molecule has 0 bridgehead atoms. The first-order valence-corrected chi connectivity index (χ1v) is 1.83. The molecule has 1 nitrogen and oxygen atoms in total. The summed E-state index contributed by atoms with van der Waals surface area (Å²) >= 11 is 4.82. The van der Waals surface area contributed by atoms with Crippen molar-refractivity contribution in [3.63, 3.8) is 0 Å². The minimum atomic E-state index is -0.273. The second-order valence-electron chi connectivity index (χ2n) is 0.709. The topological polar surface area (TPSA) is 17.1 Å². The van der Waals surface area contributed by atoms with Crippen molar-refractivity contribution in [3.05, 3.63) is 7.43 Å². The van der Waals surface area contributed by atoms with Gasteiger partial charge in [-0.3, -0.25) is 4.79 Å². The van der Waals surface area contributed by atoms with Gasteiger partial charge in [0.1, 0.15) is 0 Å². The second-order valence-corrected chi connectivity index (χ2v) is 1.13. The fourth-order valence-corrected chi connectivity index (χ4v) is 0. The van der Waals surface area contributed by atoms with Crippen LogP contribution in [-0.2, 0) is 23.4 Å². The van der Waals surface area contributed by atoms with E-state index in [0.29, 0.717) is 6.42 Å². The first-order valence-electron chi connectivity index (χ1n) is 1.45. The molecule has 0 atom stereocenters. The molecule has 0 spiro atoms. The van der Waals surface area contributed by atoms with Crippen LogP contribution in [0.1, 0.15) is 13.3 Å². The van der Waals surface area contributed by atoms with Crippen LogP contribution in [0, 0.1) is 45.2 Å². The SMILES string of the molecule is CCC(=O)Cl.I.[Ar].[CH3-].[V]. The van der Waals surface area contributed by atoms with E-state index >= 15 is 0 Å². The molecular formula is C4H9ArClIOV-. The van der Waals surface area contributed by atoms with Crippen LogP contribution in [0.4, 0.5) is 0 Å². The van der Waals surface area contributed by atoms with Crippen LogP contribution >= 0.6 is 35.6 Å². The van der Waals surface area contributed by atoms with Crippen molar-refractivity contribution >= 4 is 40.8 Å². The molecule has 0 saturated heterocycles. The third-order valence-electron chi connectivity index (χ3n) is 0.278. The molecule has 0 fully saturated rings. The van der Waals surface area contributed by atoms with E-state index in [-0.39, 0.29) is 92.9 Å². The molecule has 0 aromatic rings. The van der Waals surface area contributed by atoms with E-state index in [4.69, 9.17) is 11.6 Å². The van der Waals surface area contributed by atoms with Gasteiger partial charge in [-0.05, 0) is 11.6 Å². The summed E-state index contributed by atoms with van der Waals surface area (Å²) in [5.41, 5.74) is 0. The Hall–Kier alpha value is 2.53. The smallest absolute Gasteiger partial charge is 0.221 e. The first-order chi connectivity index (χ1) is 2.27. The Kier molecular flexibility index (Phi) is 74.7. The Morgan fingerprint density at radius 1 is 1.56 bits per heavy atom. The molecule has 0 rings (SSSR count). The van der Waals surface area contributed by atoms with Crippen molar-refractivity contribution < 1.29 is 61.1 Å². The molecule has 9 heavy (non-hydrogen) atoms. The largest absolute Gasteiger partial charge is 0.358 e. The minimum Gasteiger partial charge on any atom is -0.358 e. The van der Waals surface area contributed by atoms with E-state index in [1.807, 2.05) is 0 Å². The maximum atomic E-state index is 9.58. The summed E-state index contributed by atoms with van der Waals surface area (Å²) in [6.07, 6.45) is 0.432. The molecule has 0 amide bonds. The van der Waals surface area contributed by atoms with Crippen molar-refractivity contribution in [1.82, 2.24) is 0 Å². The van der Waals surface area contributed by atoms with E-state index in [1.165, 1.54) is 0 Å². The van der Waals surface area contributed by atoms with Gasteiger partial charge < -0.3 is 7.43 Å².